The quantitative estimate of drug-likeness (QED) is 0.814. The highest BCUT2D eigenvalue weighted by atomic mass is 16.5. The lowest BCUT2D eigenvalue weighted by atomic mass is 10.0. The number of benzene rings is 1. The molecule has 0 heterocycles. The molecule has 1 unspecified atom stereocenters. The van der Waals surface area contributed by atoms with Gasteiger partial charge < -0.3 is 15.8 Å². The minimum Gasteiger partial charge on any atom is -0.445 e. The van der Waals surface area contributed by atoms with E-state index in [1.807, 2.05) is 30.3 Å². The summed E-state index contributed by atoms with van der Waals surface area (Å²) < 4.78 is 5.14. The lowest BCUT2D eigenvalue weighted by Gasteiger charge is -2.18. The van der Waals surface area contributed by atoms with E-state index < -0.39 is 6.09 Å². The van der Waals surface area contributed by atoms with Gasteiger partial charge in [0.15, 0.2) is 0 Å². The summed E-state index contributed by atoms with van der Waals surface area (Å²) in [6.45, 7) is 4.91. The van der Waals surface area contributed by atoms with Gasteiger partial charge in [0.2, 0.25) is 0 Å². The zero-order valence-corrected chi connectivity index (χ0v) is 11.1. The first-order chi connectivity index (χ1) is 8.61. The fourth-order valence-corrected chi connectivity index (χ4v) is 1.71. The lowest BCUT2D eigenvalue weighted by molar-refractivity contribution is 0.134. The Kier molecular flexibility index (Phi) is 6.22. The maximum atomic E-state index is 11.6. The molecule has 18 heavy (non-hydrogen) atoms. The van der Waals surface area contributed by atoms with E-state index in [1.165, 1.54) is 0 Å². The number of nitrogens with two attached hydrogens (primary N) is 1. The van der Waals surface area contributed by atoms with Gasteiger partial charge in [-0.05, 0) is 17.9 Å². The molecule has 0 fully saturated rings. The summed E-state index contributed by atoms with van der Waals surface area (Å²) >= 11 is 0. The molecule has 0 saturated carbocycles. The Morgan fingerprint density at radius 1 is 1.33 bits per heavy atom. The highest BCUT2D eigenvalue weighted by Crippen LogP contribution is 2.05. The number of rotatable bonds is 6. The van der Waals surface area contributed by atoms with Gasteiger partial charge in [-0.15, -0.1) is 0 Å². The van der Waals surface area contributed by atoms with Gasteiger partial charge in [-0.3, -0.25) is 0 Å². The summed E-state index contributed by atoms with van der Waals surface area (Å²) in [6.07, 6.45) is 0.451. The number of carbonyl (C=O) groups excluding carboxylic acids is 1. The minimum absolute atomic E-state index is 0.0201. The van der Waals surface area contributed by atoms with E-state index in [0.29, 0.717) is 12.5 Å². The van der Waals surface area contributed by atoms with Crippen LogP contribution in [0.3, 0.4) is 0 Å². The molecule has 1 aromatic rings. The fraction of sp³-hybridized carbons (Fsp3) is 0.500. The molecule has 4 nitrogen and oxygen atoms in total. The van der Waals surface area contributed by atoms with Crippen LogP contribution in [0.15, 0.2) is 30.3 Å². The van der Waals surface area contributed by atoms with Crippen LogP contribution < -0.4 is 11.1 Å². The molecule has 0 radical (unpaired) electrons. The molecular weight excluding hydrogens is 228 g/mol. The van der Waals surface area contributed by atoms with Gasteiger partial charge in [0, 0.05) is 12.6 Å². The van der Waals surface area contributed by atoms with Gasteiger partial charge in [0.05, 0.1) is 0 Å². The summed E-state index contributed by atoms with van der Waals surface area (Å²) in [4.78, 5) is 11.6. The molecule has 0 spiro atoms. The Morgan fingerprint density at radius 3 is 2.56 bits per heavy atom. The first-order valence-corrected chi connectivity index (χ1v) is 6.29. The third-order valence-corrected chi connectivity index (χ3v) is 2.58. The van der Waals surface area contributed by atoms with Crippen LogP contribution in [0.2, 0.25) is 0 Å². The van der Waals surface area contributed by atoms with Crippen LogP contribution in [-0.4, -0.2) is 18.7 Å². The Bertz CT molecular complexity index is 352. The van der Waals surface area contributed by atoms with Gasteiger partial charge in [-0.2, -0.15) is 0 Å². The van der Waals surface area contributed by atoms with Crippen molar-refractivity contribution in [3.8, 4) is 0 Å². The van der Waals surface area contributed by atoms with Crippen LogP contribution in [0.1, 0.15) is 25.8 Å². The molecule has 1 atom stereocenters. The van der Waals surface area contributed by atoms with Crippen molar-refractivity contribution < 1.29 is 9.53 Å². The minimum atomic E-state index is -0.407. The second-order valence-corrected chi connectivity index (χ2v) is 4.77. The Morgan fingerprint density at radius 2 is 2.00 bits per heavy atom. The number of nitrogens with one attached hydrogen (secondary N) is 1. The van der Waals surface area contributed by atoms with Crippen LogP contribution in [0.25, 0.3) is 0 Å². The van der Waals surface area contributed by atoms with E-state index in [1.54, 1.807) is 0 Å². The predicted molar refractivity (Wildman–Crippen MR) is 72.1 cm³/mol. The van der Waals surface area contributed by atoms with E-state index in [-0.39, 0.29) is 12.6 Å². The SMILES string of the molecule is CC(C)CC(CN)NC(=O)OCc1ccccc1. The first-order valence-electron chi connectivity index (χ1n) is 6.29. The van der Waals surface area contributed by atoms with Crippen molar-refractivity contribution in [2.45, 2.75) is 32.9 Å². The summed E-state index contributed by atoms with van der Waals surface area (Å²) in [7, 11) is 0. The number of amides is 1. The molecule has 0 aliphatic heterocycles. The molecule has 0 aliphatic rings. The van der Waals surface area contributed by atoms with Crippen molar-refractivity contribution in [2.75, 3.05) is 6.54 Å². The average molecular weight is 250 g/mol. The topological polar surface area (TPSA) is 64.3 Å². The zero-order chi connectivity index (χ0) is 13.4. The summed E-state index contributed by atoms with van der Waals surface area (Å²) in [5, 5.41) is 2.78. The molecule has 1 amide bonds. The standard InChI is InChI=1S/C14H22N2O2/c1-11(2)8-13(9-15)16-14(17)18-10-12-6-4-3-5-7-12/h3-7,11,13H,8-10,15H2,1-2H3,(H,16,17). The number of ether oxygens (including phenoxy) is 1. The lowest BCUT2D eigenvalue weighted by Crippen LogP contribution is -2.41. The van der Waals surface area contributed by atoms with Gasteiger partial charge in [0.1, 0.15) is 6.61 Å². The number of hydrogen-bond acceptors (Lipinski definition) is 3. The predicted octanol–water partition coefficient (Wildman–Crippen LogP) is 2.29. The van der Waals surface area contributed by atoms with E-state index in [4.69, 9.17) is 10.5 Å². The fourth-order valence-electron chi connectivity index (χ4n) is 1.71. The molecule has 100 valence electrons. The molecule has 1 aromatic carbocycles. The van der Waals surface area contributed by atoms with Crippen molar-refractivity contribution in [2.24, 2.45) is 11.7 Å². The smallest absolute Gasteiger partial charge is 0.407 e. The summed E-state index contributed by atoms with van der Waals surface area (Å²) in [5.74, 6) is 0.493. The third kappa shape index (κ3) is 5.68. The molecule has 4 heteroatoms. The first kappa shape index (κ1) is 14.5. The molecule has 1 rings (SSSR count). The van der Waals surface area contributed by atoms with Crippen LogP contribution in [-0.2, 0) is 11.3 Å². The zero-order valence-electron chi connectivity index (χ0n) is 11.1. The number of alkyl carbamates (subject to hydrolysis) is 1. The van der Waals surface area contributed by atoms with E-state index >= 15 is 0 Å². The van der Waals surface area contributed by atoms with Crippen molar-refractivity contribution >= 4 is 6.09 Å². The normalized spacial score (nSPS) is 12.2. The largest absolute Gasteiger partial charge is 0.445 e. The summed E-state index contributed by atoms with van der Waals surface area (Å²) in [5.41, 5.74) is 6.58. The van der Waals surface area contributed by atoms with Crippen molar-refractivity contribution in [3.63, 3.8) is 0 Å². The van der Waals surface area contributed by atoms with Gasteiger partial charge in [0.25, 0.3) is 0 Å². The highest BCUT2D eigenvalue weighted by molar-refractivity contribution is 5.67. The highest BCUT2D eigenvalue weighted by Gasteiger charge is 2.13. The number of carbonyl (C=O) groups is 1. The molecule has 3 N–H and O–H groups in total. The Labute approximate surface area is 109 Å². The second kappa shape index (κ2) is 7.71. The summed E-state index contributed by atoms with van der Waals surface area (Å²) in [6, 6.07) is 9.57. The van der Waals surface area contributed by atoms with Gasteiger partial charge >= 0.3 is 6.09 Å². The van der Waals surface area contributed by atoms with E-state index in [0.717, 1.165) is 12.0 Å². The van der Waals surface area contributed by atoms with Gasteiger partial charge in [-0.25, -0.2) is 4.79 Å². The van der Waals surface area contributed by atoms with Crippen LogP contribution in [0, 0.1) is 5.92 Å². The molecule has 0 saturated heterocycles. The van der Waals surface area contributed by atoms with Crippen molar-refractivity contribution in [3.05, 3.63) is 35.9 Å². The molecule has 0 aliphatic carbocycles. The molecular formula is C14H22N2O2. The average Bonchev–Trinajstić information content (AvgIpc) is 2.36. The molecule has 0 bridgehead atoms. The second-order valence-electron chi connectivity index (χ2n) is 4.77. The maximum Gasteiger partial charge on any atom is 0.407 e. The molecule has 0 aromatic heterocycles. The third-order valence-electron chi connectivity index (χ3n) is 2.58. The van der Waals surface area contributed by atoms with E-state index in [9.17, 15) is 4.79 Å². The van der Waals surface area contributed by atoms with Crippen LogP contribution >= 0.6 is 0 Å². The van der Waals surface area contributed by atoms with Crippen molar-refractivity contribution in [1.82, 2.24) is 5.32 Å². The number of hydrogen-bond donors (Lipinski definition) is 2. The van der Waals surface area contributed by atoms with Crippen LogP contribution in [0.5, 0.6) is 0 Å². The van der Waals surface area contributed by atoms with Crippen molar-refractivity contribution in [1.29, 1.82) is 0 Å². The monoisotopic (exact) mass is 250 g/mol. The van der Waals surface area contributed by atoms with E-state index in [2.05, 4.69) is 19.2 Å². The maximum absolute atomic E-state index is 11.6. The van der Waals surface area contributed by atoms with Crippen LogP contribution in [0.4, 0.5) is 4.79 Å². The Hall–Kier alpha value is -1.55. The van der Waals surface area contributed by atoms with Gasteiger partial charge in [-0.1, -0.05) is 44.2 Å². The Balaban J connectivity index is 2.32.